The van der Waals surface area contributed by atoms with E-state index in [2.05, 4.69) is 20.2 Å². The number of ether oxygens (including phenoxy) is 1. The maximum absolute atomic E-state index is 12.7. The molecule has 0 aliphatic carbocycles. The van der Waals surface area contributed by atoms with Crippen LogP contribution in [0, 0.1) is 6.92 Å². The number of hydrogen-bond donors (Lipinski definition) is 2. The van der Waals surface area contributed by atoms with Gasteiger partial charge in [-0.05, 0) is 37.3 Å². The second-order valence-corrected chi connectivity index (χ2v) is 6.87. The summed E-state index contributed by atoms with van der Waals surface area (Å²) in [7, 11) is 0. The van der Waals surface area contributed by atoms with Crippen molar-refractivity contribution in [2.45, 2.75) is 6.92 Å². The molecule has 3 N–H and O–H groups in total. The Bertz CT molecular complexity index is 1090. The van der Waals surface area contributed by atoms with Gasteiger partial charge in [-0.3, -0.25) is 14.6 Å². The molecule has 3 heterocycles. The molecule has 1 aromatic carbocycles. The molecule has 0 saturated carbocycles. The number of aryl methyl sites for hydroxylation is 1. The van der Waals surface area contributed by atoms with E-state index >= 15 is 0 Å². The normalized spacial score (nSPS) is 13.8. The van der Waals surface area contributed by atoms with Crippen molar-refractivity contribution in [1.29, 1.82) is 0 Å². The Balaban J connectivity index is 1.55. The minimum Gasteiger partial charge on any atom is -0.444 e. The van der Waals surface area contributed by atoms with Crippen LogP contribution in [0.3, 0.4) is 0 Å². The van der Waals surface area contributed by atoms with Gasteiger partial charge in [0.25, 0.3) is 11.8 Å². The van der Waals surface area contributed by atoms with Gasteiger partial charge in [-0.25, -0.2) is 4.98 Å². The lowest BCUT2D eigenvalue weighted by Crippen LogP contribution is -2.36. The molecule has 3 aromatic rings. The third-order valence-electron chi connectivity index (χ3n) is 4.77. The molecule has 0 unspecified atom stereocenters. The number of anilines is 2. The zero-order valence-corrected chi connectivity index (χ0v) is 16.4. The standard InChI is InChI=1S/C21H21N5O4/c1-13-10-14(4-5-23-13)21-25-18(12-30-21)20(28)24-17-3-2-15(11-16(17)19(22)27)26-6-8-29-9-7-26/h2-5,10-12H,6-9H2,1H3,(H2,22,27)(H,24,28). The Kier molecular flexibility index (Phi) is 5.44. The summed E-state index contributed by atoms with van der Waals surface area (Å²) in [4.78, 5) is 35.1. The quantitative estimate of drug-likeness (QED) is 0.665. The zero-order chi connectivity index (χ0) is 21.1. The van der Waals surface area contributed by atoms with Gasteiger partial charge in [0, 0.05) is 36.2 Å². The van der Waals surface area contributed by atoms with Gasteiger partial charge in [-0.2, -0.15) is 0 Å². The molecule has 30 heavy (non-hydrogen) atoms. The Morgan fingerprint density at radius 3 is 2.70 bits per heavy atom. The Hall–Kier alpha value is -3.72. The van der Waals surface area contributed by atoms with E-state index < -0.39 is 11.8 Å². The van der Waals surface area contributed by atoms with Gasteiger partial charge in [-0.15, -0.1) is 0 Å². The molecule has 0 bridgehead atoms. The van der Waals surface area contributed by atoms with Crippen LogP contribution in [-0.4, -0.2) is 48.1 Å². The van der Waals surface area contributed by atoms with E-state index in [4.69, 9.17) is 14.9 Å². The zero-order valence-electron chi connectivity index (χ0n) is 16.4. The first-order valence-electron chi connectivity index (χ1n) is 9.48. The van der Waals surface area contributed by atoms with E-state index in [1.807, 2.05) is 19.1 Å². The SMILES string of the molecule is Cc1cc(-c2nc(C(=O)Nc3ccc(N4CCOCC4)cc3C(N)=O)co2)ccn1. The topological polar surface area (TPSA) is 124 Å². The summed E-state index contributed by atoms with van der Waals surface area (Å²) >= 11 is 0. The Morgan fingerprint density at radius 2 is 1.97 bits per heavy atom. The first kappa shape index (κ1) is 19.6. The number of benzene rings is 1. The molecular weight excluding hydrogens is 386 g/mol. The first-order chi connectivity index (χ1) is 14.5. The number of carbonyl (C=O) groups excluding carboxylic acids is 2. The van der Waals surface area contributed by atoms with Crippen LogP contribution in [-0.2, 0) is 4.74 Å². The number of oxazole rings is 1. The summed E-state index contributed by atoms with van der Waals surface area (Å²) in [5, 5.41) is 2.70. The lowest BCUT2D eigenvalue weighted by atomic mass is 10.1. The number of carbonyl (C=O) groups is 2. The summed E-state index contributed by atoms with van der Waals surface area (Å²) < 4.78 is 10.8. The molecule has 9 nitrogen and oxygen atoms in total. The van der Waals surface area contributed by atoms with Crippen molar-refractivity contribution in [1.82, 2.24) is 9.97 Å². The maximum atomic E-state index is 12.7. The third-order valence-corrected chi connectivity index (χ3v) is 4.77. The van der Waals surface area contributed by atoms with Crippen molar-refractivity contribution in [2.24, 2.45) is 5.73 Å². The van der Waals surface area contributed by atoms with E-state index in [0.29, 0.717) is 30.4 Å². The summed E-state index contributed by atoms with van der Waals surface area (Å²) in [5.74, 6) is -0.825. The molecule has 4 rings (SSSR count). The molecule has 154 valence electrons. The highest BCUT2D eigenvalue weighted by Gasteiger charge is 2.19. The minimum atomic E-state index is -0.631. The van der Waals surface area contributed by atoms with Crippen LogP contribution >= 0.6 is 0 Å². The van der Waals surface area contributed by atoms with Crippen LogP contribution in [0.15, 0.2) is 47.2 Å². The molecule has 0 radical (unpaired) electrons. The third kappa shape index (κ3) is 4.15. The van der Waals surface area contributed by atoms with Crippen LogP contribution in [0.25, 0.3) is 11.5 Å². The first-order valence-corrected chi connectivity index (χ1v) is 9.48. The fourth-order valence-electron chi connectivity index (χ4n) is 3.24. The number of amides is 2. The van der Waals surface area contributed by atoms with Crippen molar-refractivity contribution in [2.75, 3.05) is 36.5 Å². The summed E-state index contributed by atoms with van der Waals surface area (Å²) in [5.41, 5.74) is 8.55. The number of hydrogen-bond acceptors (Lipinski definition) is 7. The number of morpholine rings is 1. The molecular formula is C21H21N5O4. The summed E-state index contributed by atoms with van der Waals surface area (Å²) in [6, 6.07) is 8.73. The monoisotopic (exact) mass is 407 g/mol. The van der Waals surface area contributed by atoms with E-state index in [-0.39, 0.29) is 11.3 Å². The van der Waals surface area contributed by atoms with Crippen molar-refractivity contribution in [3.63, 3.8) is 0 Å². The van der Waals surface area contributed by atoms with Crippen molar-refractivity contribution >= 4 is 23.2 Å². The largest absolute Gasteiger partial charge is 0.444 e. The fraction of sp³-hybridized carbons (Fsp3) is 0.238. The highest BCUT2D eigenvalue weighted by Crippen LogP contribution is 2.25. The molecule has 1 aliphatic heterocycles. The summed E-state index contributed by atoms with van der Waals surface area (Å²) in [6.45, 7) is 4.54. The molecule has 2 amide bonds. The van der Waals surface area contributed by atoms with E-state index in [1.165, 1.54) is 6.26 Å². The number of primary amides is 1. The number of nitrogens with one attached hydrogen (secondary N) is 1. The van der Waals surface area contributed by atoms with Crippen molar-refractivity contribution in [3.8, 4) is 11.5 Å². The smallest absolute Gasteiger partial charge is 0.277 e. The molecule has 1 saturated heterocycles. The second-order valence-electron chi connectivity index (χ2n) is 6.87. The number of nitrogens with two attached hydrogens (primary N) is 1. The second kappa shape index (κ2) is 8.34. The van der Waals surface area contributed by atoms with Gasteiger partial charge >= 0.3 is 0 Å². The Labute approximate surface area is 172 Å². The predicted octanol–water partition coefficient (Wildman–Crippen LogP) is 2.23. The predicted molar refractivity (Wildman–Crippen MR) is 110 cm³/mol. The molecule has 0 spiro atoms. The number of aromatic nitrogens is 2. The maximum Gasteiger partial charge on any atom is 0.277 e. The van der Waals surface area contributed by atoms with E-state index in [0.717, 1.165) is 24.5 Å². The van der Waals surface area contributed by atoms with E-state index in [1.54, 1.807) is 24.4 Å². The highest BCUT2D eigenvalue weighted by molar-refractivity contribution is 6.08. The van der Waals surface area contributed by atoms with Gasteiger partial charge < -0.3 is 25.1 Å². The van der Waals surface area contributed by atoms with Gasteiger partial charge in [0.1, 0.15) is 6.26 Å². The molecule has 1 fully saturated rings. The van der Waals surface area contributed by atoms with Crippen molar-refractivity contribution < 1.29 is 18.7 Å². The summed E-state index contributed by atoms with van der Waals surface area (Å²) in [6.07, 6.45) is 2.91. The number of rotatable bonds is 5. The molecule has 1 aliphatic rings. The number of nitrogens with zero attached hydrogens (tertiary/aromatic N) is 3. The average molecular weight is 407 g/mol. The molecule has 9 heteroatoms. The lowest BCUT2D eigenvalue weighted by Gasteiger charge is -2.29. The van der Waals surface area contributed by atoms with Crippen LogP contribution in [0.4, 0.5) is 11.4 Å². The van der Waals surface area contributed by atoms with Gasteiger partial charge in [-0.1, -0.05) is 0 Å². The van der Waals surface area contributed by atoms with Crippen LogP contribution < -0.4 is 16.0 Å². The van der Waals surface area contributed by atoms with Gasteiger partial charge in [0.05, 0.1) is 24.5 Å². The van der Waals surface area contributed by atoms with Gasteiger partial charge in [0.15, 0.2) is 5.69 Å². The molecule has 2 aromatic heterocycles. The minimum absolute atomic E-state index is 0.0899. The van der Waals surface area contributed by atoms with Gasteiger partial charge in [0.2, 0.25) is 5.89 Å². The Morgan fingerprint density at radius 1 is 1.17 bits per heavy atom. The lowest BCUT2D eigenvalue weighted by molar-refractivity contribution is 0.100. The van der Waals surface area contributed by atoms with E-state index in [9.17, 15) is 9.59 Å². The van der Waals surface area contributed by atoms with Crippen LogP contribution in [0.1, 0.15) is 26.5 Å². The van der Waals surface area contributed by atoms with Crippen LogP contribution in [0.2, 0.25) is 0 Å². The van der Waals surface area contributed by atoms with Crippen LogP contribution in [0.5, 0.6) is 0 Å². The molecule has 0 atom stereocenters. The highest BCUT2D eigenvalue weighted by atomic mass is 16.5. The fourth-order valence-corrected chi connectivity index (χ4v) is 3.24. The van der Waals surface area contributed by atoms with Crippen molar-refractivity contribution in [3.05, 3.63) is 59.7 Å². The average Bonchev–Trinajstić information content (AvgIpc) is 3.25. The number of pyridine rings is 1.